The predicted molar refractivity (Wildman–Crippen MR) is 87.9 cm³/mol. The SMILES string of the molecule is COc1ccc(-n2ccnc2SC2CCCCCC2=O)cc1. The molecule has 1 atom stereocenters. The number of rotatable bonds is 4. The largest absolute Gasteiger partial charge is 0.497 e. The number of hydrogen-bond acceptors (Lipinski definition) is 4. The highest BCUT2D eigenvalue weighted by atomic mass is 32.2. The molecule has 1 saturated carbocycles. The quantitative estimate of drug-likeness (QED) is 0.803. The number of methoxy groups -OCH3 is 1. The molecule has 0 N–H and O–H groups in total. The molecule has 1 heterocycles. The lowest BCUT2D eigenvalue weighted by Crippen LogP contribution is -2.15. The summed E-state index contributed by atoms with van der Waals surface area (Å²) < 4.78 is 7.22. The molecule has 0 spiro atoms. The minimum absolute atomic E-state index is 0.0434. The van der Waals surface area contributed by atoms with E-state index >= 15 is 0 Å². The fourth-order valence-corrected chi connectivity index (χ4v) is 3.89. The average Bonchev–Trinajstić information content (AvgIpc) is 2.92. The lowest BCUT2D eigenvalue weighted by atomic mass is 10.2. The lowest BCUT2D eigenvalue weighted by molar-refractivity contribution is -0.118. The monoisotopic (exact) mass is 316 g/mol. The molecule has 4 nitrogen and oxygen atoms in total. The number of imidazole rings is 1. The molecule has 3 rings (SSSR count). The van der Waals surface area contributed by atoms with E-state index in [2.05, 4.69) is 4.98 Å². The molecule has 1 fully saturated rings. The van der Waals surface area contributed by atoms with Gasteiger partial charge in [-0.15, -0.1) is 0 Å². The second-order valence-electron chi connectivity index (χ2n) is 5.45. The summed E-state index contributed by atoms with van der Waals surface area (Å²) in [5.41, 5.74) is 1.03. The molecule has 2 aromatic rings. The molecule has 116 valence electrons. The van der Waals surface area contributed by atoms with Crippen LogP contribution >= 0.6 is 11.8 Å². The maximum atomic E-state index is 12.2. The van der Waals surface area contributed by atoms with E-state index < -0.39 is 0 Å². The van der Waals surface area contributed by atoms with Crippen LogP contribution in [-0.4, -0.2) is 27.7 Å². The van der Waals surface area contributed by atoms with Crippen molar-refractivity contribution in [3.8, 4) is 11.4 Å². The first kappa shape index (κ1) is 15.2. The Morgan fingerprint density at radius 2 is 2.05 bits per heavy atom. The molecule has 1 aromatic heterocycles. The molecule has 0 bridgehead atoms. The maximum Gasteiger partial charge on any atom is 0.173 e. The van der Waals surface area contributed by atoms with Crippen molar-refractivity contribution in [3.05, 3.63) is 36.7 Å². The smallest absolute Gasteiger partial charge is 0.173 e. The minimum Gasteiger partial charge on any atom is -0.497 e. The first-order valence-electron chi connectivity index (χ1n) is 7.65. The molecule has 0 radical (unpaired) electrons. The summed E-state index contributed by atoms with van der Waals surface area (Å²) in [5.74, 6) is 1.20. The zero-order chi connectivity index (χ0) is 15.4. The third-order valence-corrected chi connectivity index (χ3v) is 5.25. The molecule has 1 unspecified atom stereocenters. The fourth-order valence-electron chi connectivity index (χ4n) is 2.70. The molecular formula is C17H20N2O2S. The molecule has 1 aliphatic carbocycles. The number of aromatic nitrogens is 2. The van der Waals surface area contributed by atoms with Crippen LogP contribution in [0.1, 0.15) is 32.1 Å². The van der Waals surface area contributed by atoms with Crippen molar-refractivity contribution in [2.45, 2.75) is 42.5 Å². The van der Waals surface area contributed by atoms with Crippen molar-refractivity contribution in [1.29, 1.82) is 0 Å². The second kappa shape index (κ2) is 7.01. The van der Waals surface area contributed by atoms with Gasteiger partial charge in [0.1, 0.15) is 11.5 Å². The fraction of sp³-hybridized carbons (Fsp3) is 0.412. The van der Waals surface area contributed by atoms with Crippen molar-refractivity contribution >= 4 is 17.5 Å². The van der Waals surface area contributed by atoms with Gasteiger partial charge in [-0.05, 0) is 37.1 Å². The summed E-state index contributed by atoms with van der Waals surface area (Å²) >= 11 is 1.60. The molecule has 22 heavy (non-hydrogen) atoms. The van der Waals surface area contributed by atoms with Gasteiger partial charge in [0, 0.05) is 24.5 Å². The Balaban J connectivity index is 1.80. The third-order valence-electron chi connectivity index (χ3n) is 3.95. The van der Waals surface area contributed by atoms with E-state index in [1.807, 2.05) is 35.0 Å². The Kier molecular flexibility index (Phi) is 4.83. The number of hydrogen-bond donors (Lipinski definition) is 0. The van der Waals surface area contributed by atoms with Crippen LogP contribution in [-0.2, 0) is 4.79 Å². The molecule has 0 aliphatic heterocycles. The average molecular weight is 316 g/mol. The molecule has 0 saturated heterocycles. The van der Waals surface area contributed by atoms with Crippen LogP contribution in [0.3, 0.4) is 0 Å². The highest BCUT2D eigenvalue weighted by Gasteiger charge is 2.23. The summed E-state index contributed by atoms with van der Waals surface area (Å²) in [6, 6.07) is 7.86. The van der Waals surface area contributed by atoms with Gasteiger partial charge in [-0.3, -0.25) is 9.36 Å². The first-order chi connectivity index (χ1) is 10.8. The minimum atomic E-state index is 0.0434. The maximum absolute atomic E-state index is 12.2. The number of ether oxygens (including phenoxy) is 1. The van der Waals surface area contributed by atoms with E-state index in [-0.39, 0.29) is 5.25 Å². The van der Waals surface area contributed by atoms with E-state index in [1.54, 1.807) is 25.1 Å². The van der Waals surface area contributed by atoms with Gasteiger partial charge in [-0.1, -0.05) is 24.6 Å². The number of benzene rings is 1. The standard InChI is InChI=1S/C17H20N2O2S/c1-21-14-9-7-13(8-10-14)19-12-11-18-17(19)22-16-6-4-2-3-5-15(16)20/h7-12,16H,2-6H2,1H3. The van der Waals surface area contributed by atoms with Crippen LogP contribution in [0.15, 0.2) is 41.8 Å². The van der Waals surface area contributed by atoms with Crippen molar-refractivity contribution < 1.29 is 9.53 Å². The van der Waals surface area contributed by atoms with Gasteiger partial charge in [0.2, 0.25) is 0 Å². The molecule has 1 aliphatic rings. The van der Waals surface area contributed by atoms with Crippen molar-refractivity contribution in [2.24, 2.45) is 0 Å². The Hall–Kier alpha value is -1.75. The highest BCUT2D eigenvalue weighted by molar-refractivity contribution is 8.00. The van der Waals surface area contributed by atoms with Crippen LogP contribution < -0.4 is 4.74 Å². The number of Topliss-reactive ketones (excluding diaryl/α,β-unsaturated/α-hetero) is 1. The summed E-state index contributed by atoms with van der Waals surface area (Å²) in [4.78, 5) is 16.6. The van der Waals surface area contributed by atoms with Crippen LogP contribution in [0.4, 0.5) is 0 Å². The number of ketones is 1. The van der Waals surface area contributed by atoms with Crippen molar-refractivity contribution in [3.63, 3.8) is 0 Å². The molecule has 0 amide bonds. The number of nitrogens with zero attached hydrogens (tertiary/aromatic N) is 2. The lowest BCUT2D eigenvalue weighted by Gasteiger charge is -2.14. The molecular weight excluding hydrogens is 296 g/mol. The zero-order valence-corrected chi connectivity index (χ0v) is 13.5. The van der Waals surface area contributed by atoms with Crippen LogP contribution in [0.5, 0.6) is 5.75 Å². The van der Waals surface area contributed by atoms with Crippen LogP contribution in [0, 0.1) is 0 Å². The summed E-state index contributed by atoms with van der Waals surface area (Å²) in [6.07, 6.45) is 8.71. The Morgan fingerprint density at radius 1 is 1.23 bits per heavy atom. The normalized spacial score (nSPS) is 19.0. The number of carbonyl (C=O) groups excluding carboxylic acids is 1. The second-order valence-corrected chi connectivity index (χ2v) is 6.62. The Labute approximate surface area is 134 Å². The Morgan fingerprint density at radius 3 is 2.82 bits per heavy atom. The van der Waals surface area contributed by atoms with Gasteiger partial charge in [-0.25, -0.2) is 4.98 Å². The summed E-state index contributed by atoms with van der Waals surface area (Å²) in [5, 5.41) is 0.923. The summed E-state index contributed by atoms with van der Waals surface area (Å²) in [7, 11) is 1.66. The van der Waals surface area contributed by atoms with Gasteiger partial charge < -0.3 is 4.74 Å². The van der Waals surface area contributed by atoms with Gasteiger partial charge in [0.15, 0.2) is 5.16 Å². The molecule has 1 aromatic carbocycles. The van der Waals surface area contributed by atoms with Crippen molar-refractivity contribution in [1.82, 2.24) is 9.55 Å². The third kappa shape index (κ3) is 3.35. The van der Waals surface area contributed by atoms with E-state index in [1.165, 1.54) is 0 Å². The van der Waals surface area contributed by atoms with Crippen LogP contribution in [0.25, 0.3) is 5.69 Å². The van der Waals surface area contributed by atoms with E-state index in [4.69, 9.17) is 4.74 Å². The van der Waals surface area contributed by atoms with Crippen molar-refractivity contribution in [2.75, 3.05) is 7.11 Å². The zero-order valence-electron chi connectivity index (χ0n) is 12.7. The van der Waals surface area contributed by atoms with Gasteiger partial charge in [0.25, 0.3) is 0 Å². The number of carbonyl (C=O) groups is 1. The van der Waals surface area contributed by atoms with E-state index in [0.29, 0.717) is 12.2 Å². The number of thioether (sulfide) groups is 1. The summed E-state index contributed by atoms with van der Waals surface area (Å²) in [6.45, 7) is 0. The van der Waals surface area contributed by atoms with Gasteiger partial charge in [0.05, 0.1) is 12.4 Å². The first-order valence-corrected chi connectivity index (χ1v) is 8.53. The molecule has 5 heteroatoms. The van der Waals surface area contributed by atoms with Gasteiger partial charge in [-0.2, -0.15) is 0 Å². The predicted octanol–water partition coefficient (Wildman–Crippen LogP) is 3.87. The Bertz CT molecular complexity index is 636. The van der Waals surface area contributed by atoms with E-state index in [9.17, 15) is 4.79 Å². The van der Waals surface area contributed by atoms with Gasteiger partial charge >= 0.3 is 0 Å². The van der Waals surface area contributed by atoms with Crippen LogP contribution in [0.2, 0.25) is 0 Å². The topological polar surface area (TPSA) is 44.1 Å². The highest BCUT2D eigenvalue weighted by Crippen LogP contribution is 2.31. The van der Waals surface area contributed by atoms with E-state index in [0.717, 1.165) is 42.3 Å².